The van der Waals surface area contributed by atoms with Crippen molar-refractivity contribution in [3.05, 3.63) is 54.2 Å². The molecule has 0 unspecified atom stereocenters. The highest BCUT2D eigenvalue weighted by molar-refractivity contribution is 5.89. The lowest BCUT2D eigenvalue weighted by Gasteiger charge is -2.14. The summed E-state index contributed by atoms with van der Waals surface area (Å²) in [7, 11) is 3.14. The molecule has 3 aromatic rings. The van der Waals surface area contributed by atoms with Gasteiger partial charge in [0.2, 0.25) is 0 Å². The predicted molar refractivity (Wildman–Crippen MR) is 85.7 cm³/mol. The van der Waals surface area contributed by atoms with Crippen molar-refractivity contribution in [2.75, 3.05) is 14.2 Å². The number of benzene rings is 2. The van der Waals surface area contributed by atoms with Crippen molar-refractivity contribution < 1.29 is 14.3 Å². The fraction of sp³-hybridized carbons (Fsp3) is 0.111. The Balaban J connectivity index is 2.25. The van der Waals surface area contributed by atoms with Crippen LogP contribution in [0.3, 0.4) is 0 Å². The van der Waals surface area contributed by atoms with E-state index in [2.05, 4.69) is 4.98 Å². The van der Waals surface area contributed by atoms with Gasteiger partial charge in [-0.1, -0.05) is 12.1 Å². The van der Waals surface area contributed by atoms with Gasteiger partial charge < -0.3 is 9.47 Å². The van der Waals surface area contributed by atoms with Gasteiger partial charge in [-0.15, -0.1) is 0 Å². The van der Waals surface area contributed by atoms with Crippen LogP contribution in [-0.4, -0.2) is 25.5 Å². The molecule has 0 spiro atoms. The Bertz CT molecular complexity index is 843. The summed E-state index contributed by atoms with van der Waals surface area (Å²) in [5.74, 6) is 1.14. The molecular formula is C18H15NO3. The standard InChI is InChI=1S/C18H15NO3/c1-21-17-9-12(11-20)8-15(18(17)22-2)13-5-6-16-14(10-13)4-3-7-19-16/h3-11H,1-2H3. The summed E-state index contributed by atoms with van der Waals surface area (Å²) < 4.78 is 10.8. The molecule has 0 fully saturated rings. The van der Waals surface area contributed by atoms with Crippen LogP contribution in [0.1, 0.15) is 10.4 Å². The molecule has 2 aromatic carbocycles. The molecule has 0 N–H and O–H groups in total. The normalized spacial score (nSPS) is 10.5. The van der Waals surface area contributed by atoms with Gasteiger partial charge in [0.1, 0.15) is 6.29 Å². The van der Waals surface area contributed by atoms with E-state index in [9.17, 15) is 4.79 Å². The average molecular weight is 293 g/mol. The van der Waals surface area contributed by atoms with E-state index in [-0.39, 0.29) is 0 Å². The van der Waals surface area contributed by atoms with E-state index in [1.807, 2.05) is 30.3 Å². The maximum absolute atomic E-state index is 11.2. The Hall–Kier alpha value is -2.88. The van der Waals surface area contributed by atoms with E-state index < -0.39 is 0 Å². The number of carbonyl (C=O) groups is 1. The van der Waals surface area contributed by atoms with Crippen LogP contribution in [0.15, 0.2) is 48.7 Å². The van der Waals surface area contributed by atoms with Crippen LogP contribution < -0.4 is 9.47 Å². The first-order valence-electron chi connectivity index (χ1n) is 6.83. The number of hydrogen-bond donors (Lipinski definition) is 0. The Morgan fingerprint density at radius 1 is 1.05 bits per heavy atom. The third-order valence-electron chi connectivity index (χ3n) is 3.55. The molecule has 4 nitrogen and oxygen atoms in total. The number of hydrogen-bond acceptors (Lipinski definition) is 4. The third-order valence-corrected chi connectivity index (χ3v) is 3.55. The molecule has 0 aliphatic carbocycles. The van der Waals surface area contributed by atoms with Crippen LogP contribution in [0.25, 0.3) is 22.0 Å². The van der Waals surface area contributed by atoms with E-state index in [4.69, 9.17) is 9.47 Å². The first kappa shape index (κ1) is 14.1. The minimum atomic E-state index is 0.536. The van der Waals surface area contributed by atoms with E-state index in [0.29, 0.717) is 17.1 Å². The van der Waals surface area contributed by atoms with Crippen molar-refractivity contribution in [2.24, 2.45) is 0 Å². The summed E-state index contributed by atoms with van der Waals surface area (Å²) in [5.41, 5.74) is 3.22. The van der Waals surface area contributed by atoms with Crippen molar-refractivity contribution in [1.29, 1.82) is 0 Å². The summed E-state index contributed by atoms with van der Waals surface area (Å²) in [6.07, 6.45) is 2.56. The number of fused-ring (bicyclic) bond motifs is 1. The maximum atomic E-state index is 11.2. The molecule has 0 saturated carbocycles. The molecule has 3 rings (SSSR count). The number of nitrogens with zero attached hydrogens (tertiary/aromatic N) is 1. The zero-order valence-electron chi connectivity index (χ0n) is 12.4. The summed E-state index contributed by atoms with van der Waals surface area (Å²) in [6, 6.07) is 13.3. The summed E-state index contributed by atoms with van der Waals surface area (Å²) in [4.78, 5) is 15.5. The van der Waals surface area contributed by atoms with Gasteiger partial charge in [0, 0.05) is 22.7 Å². The number of carbonyl (C=O) groups excluding carboxylic acids is 1. The van der Waals surface area contributed by atoms with Crippen molar-refractivity contribution in [3.8, 4) is 22.6 Å². The number of ether oxygens (including phenoxy) is 2. The lowest BCUT2D eigenvalue weighted by molar-refractivity contribution is 0.112. The van der Waals surface area contributed by atoms with Gasteiger partial charge in [-0.2, -0.15) is 0 Å². The van der Waals surface area contributed by atoms with Gasteiger partial charge >= 0.3 is 0 Å². The van der Waals surface area contributed by atoms with Crippen LogP contribution in [0.5, 0.6) is 11.5 Å². The van der Waals surface area contributed by atoms with Crippen molar-refractivity contribution >= 4 is 17.2 Å². The molecule has 22 heavy (non-hydrogen) atoms. The number of aromatic nitrogens is 1. The van der Waals surface area contributed by atoms with Crippen LogP contribution in [0.4, 0.5) is 0 Å². The Morgan fingerprint density at radius 2 is 1.91 bits per heavy atom. The van der Waals surface area contributed by atoms with Crippen LogP contribution in [0, 0.1) is 0 Å². The number of pyridine rings is 1. The molecule has 0 radical (unpaired) electrons. The Labute approximate surface area is 128 Å². The smallest absolute Gasteiger partial charge is 0.168 e. The summed E-state index contributed by atoms with van der Waals surface area (Å²) >= 11 is 0. The van der Waals surface area contributed by atoms with Crippen LogP contribution >= 0.6 is 0 Å². The summed E-state index contributed by atoms with van der Waals surface area (Å²) in [5, 5.41) is 1.03. The van der Waals surface area contributed by atoms with Gasteiger partial charge in [0.15, 0.2) is 11.5 Å². The zero-order chi connectivity index (χ0) is 15.5. The molecule has 0 amide bonds. The topological polar surface area (TPSA) is 48.4 Å². The minimum absolute atomic E-state index is 0.536. The van der Waals surface area contributed by atoms with E-state index in [0.717, 1.165) is 28.3 Å². The van der Waals surface area contributed by atoms with Crippen LogP contribution in [0.2, 0.25) is 0 Å². The minimum Gasteiger partial charge on any atom is -0.493 e. The lowest BCUT2D eigenvalue weighted by atomic mass is 9.99. The van der Waals surface area contributed by atoms with Gasteiger partial charge in [-0.05, 0) is 35.9 Å². The molecule has 0 saturated heterocycles. The van der Waals surface area contributed by atoms with Crippen molar-refractivity contribution in [2.45, 2.75) is 0 Å². The van der Waals surface area contributed by atoms with Gasteiger partial charge in [-0.25, -0.2) is 0 Å². The lowest BCUT2D eigenvalue weighted by Crippen LogP contribution is -1.96. The van der Waals surface area contributed by atoms with Crippen LogP contribution in [-0.2, 0) is 0 Å². The second kappa shape index (κ2) is 5.85. The third kappa shape index (κ3) is 2.39. The SMILES string of the molecule is COc1cc(C=O)cc(-c2ccc3ncccc3c2)c1OC. The average Bonchev–Trinajstić information content (AvgIpc) is 2.59. The van der Waals surface area contributed by atoms with Crippen molar-refractivity contribution in [3.63, 3.8) is 0 Å². The second-order valence-corrected chi connectivity index (χ2v) is 4.83. The van der Waals surface area contributed by atoms with Crippen molar-refractivity contribution in [1.82, 2.24) is 4.98 Å². The van der Waals surface area contributed by atoms with Gasteiger partial charge in [0.25, 0.3) is 0 Å². The predicted octanol–water partition coefficient (Wildman–Crippen LogP) is 3.73. The molecule has 110 valence electrons. The number of aldehydes is 1. The molecule has 4 heteroatoms. The first-order chi connectivity index (χ1) is 10.8. The fourth-order valence-electron chi connectivity index (χ4n) is 2.51. The largest absolute Gasteiger partial charge is 0.493 e. The number of methoxy groups -OCH3 is 2. The Kier molecular flexibility index (Phi) is 3.74. The fourth-order valence-corrected chi connectivity index (χ4v) is 2.51. The monoisotopic (exact) mass is 293 g/mol. The van der Waals surface area contributed by atoms with E-state index in [1.165, 1.54) is 0 Å². The molecule has 0 aliphatic heterocycles. The maximum Gasteiger partial charge on any atom is 0.168 e. The highest BCUT2D eigenvalue weighted by Crippen LogP contribution is 2.39. The zero-order valence-corrected chi connectivity index (χ0v) is 12.4. The second-order valence-electron chi connectivity index (χ2n) is 4.83. The first-order valence-corrected chi connectivity index (χ1v) is 6.83. The molecule has 0 atom stereocenters. The highest BCUT2D eigenvalue weighted by atomic mass is 16.5. The van der Waals surface area contributed by atoms with E-state index >= 15 is 0 Å². The van der Waals surface area contributed by atoms with Gasteiger partial charge in [0.05, 0.1) is 19.7 Å². The van der Waals surface area contributed by atoms with Gasteiger partial charge in [-0.3, -0.25) is 9.78 Å². The number of rotatable bonds is 4. The summed E-state index contributed by atoms with van der Waals surface area (Å²) in [6.45, 7) is 0. The van der Waals surface area contributed by atoms with E-state index in [1.54, 1.807) is 32.5 Å². The molecule has 1 aromatic heterocycles. The quantitative estimate of drug-likeness (QED) is 0.688. The molecule has 0 bridgehead atoms. The highest BCUT2D eigenvalue weighted by Gasteiger charge is 2.14. The molecular weight excluding hydrogens is 278 g/mol. The Morgan fingerprint density at radius 3 is 2.64 bits per heavy atom. The molecule has 1 heterocycles. The molecule has 0 aliphatic rings.